The Hall–Kier alpha value is -1.04. The van der Waals surface area contributed by atoms with E-state index in [4.69, 9.17) is 10.8 Å². The monoisotopic (exact) mass is 213 g/mol. The summed E-state index contributed by atoms with van der Waals surface area (Å²) < 4.78 is 38.3. The van der Waals surface area contributed by atoms with E-state index in [0.717, 1.165) is 18.2 Å². The highest BCUT2D eigenvalue weighted by atomic mass is 32.4. The van der Waals surface area contributed by atoms with Gasteiger partial charge in [0.15, 0.2) is 0 Å². The zero-order chi connectivity index (χ0) is 10.3. The van der Waals surface area contributed by atoms with Crippen molar-refractivity contribution in [2.24, 2.45) is 0 Å². The summed E-state index contributed by atoms with van der Waals surface area (Å²) in [6, 6.07) is 2.55. The van der Waals surface area contributed by atoms with Crippen LogP contribution in [0.2, 0.25) is 0 Å². The number of benzene rings is 1. The molecule has 0 heterocycles. The number of thiol groups is 1. The minimum Gasteiger partial charge on any atom is -0.506 e. The Bertz CT molecular complexity index is 338. The van der Waals surface area contributed by atoms with Gasteiger partial charge in [0.05, 0.1) is 16.0 Å². The number of phenolic OH excluding ortho intramolecular Hbond substituents is 1. The third-order valence-electron chi connectivity index (χ3n) is 1.56. The highest BCUT2D eigenvalue weighted by Gasteiger charge is 2.34. The molecule has 1 aromatic rings. The number of hydrogen-bond donors (Lipinski definition) is 3. The summed E-state index contributed by atoms with van der Waals surface area (Å²) in [4.78, 5) is -0.749. The molecule has 0 unspecified atom stereocenters. The van der Waals surface area contributed by atoms with Crippen LogP contribution >= 0.6 is 10.3 Å². The number of hydrogen-bond acceptors (Lipinski definition) is 2. The maximum Gasteiger partial charge on any atom is 0.138 e. The molecule has 3 N–H and O–H groups in total. The van der Waals surface area contributed by atoms with Crippen molar-refractivity contribution in [3.63, 3.8) is 0 Å². The Kier molecular flexibility index (Phi) is 1.91. The Morgan fingerprint density at radius 3 is 2.23 bits per heavy atom. The zero-order valence-corrected chi connectivity index (χ0v) is 7.73. The van der Waals surface area contributed by atoms with Crippen LogP contribution in [-0.4, -0.2) is 11.4 Å². The molecule has 0 bridgehead atoms. The summed E-state index contributed by atoms with van der Waals surface area (Å²) in [5.41, 5.74) is 4.90. The van der Waals surface area contributed by atoms with Gasteiger partial charge < -0.3 is 10.8 Å². The lowest BCUT2D eigenvalue weighted by molar-refractivity contribution is 0.477. The molecule has 1 rings (SSSR count). The molecule has 76 valence electrons. The average Bonchev–Trinajstić information content (AvgIpc) is 1.91. The summed E-state index contributed by atoms with van der Waals surface area (Å²) in [5.74, 6) is -0.329. The van der Waals surface area contributed by atoms with Crippen molar-refractivity contribution in [3.8, 4) is 5.75 Å². The van der Waals surface area contributed by atoms with Gasteiger partial charge >= 0.3 is 0 Å². The molecule has 0 aliphatic carbocycles. The van der Waals surface area contributed by atoms with Gasteiger partial charge in [-0.1, -0.05) is 0 Å². The maximum absolute atomic E-state index is 12.8. The minimum absolute atomic E-state index is 0.249. The number of phenols is 1. The highest BCUT2D eigenvalue weighted by Crippen LogP contribution is 2.77. The number of aromatic hydroxyl groups is 1. The van der Waals surface area contributed by atoms with Crippen LogP contribution in [0.25, 0.3) is 0 Å². The van der Waals surface area contributed by atoms with E-state index in [1.807, 2.05) is 0 Å². The van der Waals surface area contributed by atoms with E-state index in [1.54, 1.807) is 0 Å². The van der Waals surface area contributed by atoms with Gasteiger partial charge in [-0.25, -0.2) is 0 Å². The number of rotatable bonds is 1. The van der Waals surface area contributed by atoms with Crippen molar-refractivity contribution in [2.45, 2.75) is 4.90 Å². The van der Waals surface area contributed by atoms with Crippen LogP contribution in [0, 0.1) is 0 Å². The SMILES string of the molecule is C[SH](F)(F)(F)c1ccc(O)c(N)c1. The molecule has 0 spiro atoms. The van der Waals surface area contributed by atoms with Gasteiger partial charge in [0.2, 0.25) is 0 Å². The molecule has 0 radical (unpaired) electrons. The second kappa shape index (κ2) is 2.47. The molecular formula is C7H10F3NOS. The van der Waals surface area contributed by atoms with Crippen LogP contribution in [0.5, 0.6) is 5.75 Å². The summed E-state index contributed by atoms with van der Waals surface area (Å²) >= 11 is 0. The number of nitrogens with two attached hydrogens (primary N) is 1. The van der Waals surface area contributed by atoms with Crippen LogP contribution < -0.4 is 5.73 Å². The first-order valence-electron chi connectivity index (χ1n) is 3.43. The standard InChI is InChI=1S/C7H10F3NOS/c1-13(8,9,10)5-2-3-7(12)6(11)4-5/h2-4,12-13H,11H2,1H3. The van der Waals surface area contributed by atoms with Gasteiger partial charge in [0.1, 0.15) is 5.75 Å². The van der Waals surface area contributed by atoms with Gasteiger partial charge in [-0.3, -0.25) is 0 Å². The fraction of sp³-hybridized carbons (Fsp3) is 0.143. The van der Waals surface area contributed by atoms with Gasteiger partial charge in [-0.05, 0) is 18.2 Å². The number of nitrogen functional groups attached to an aromatic ring is 1. The first kappa shape index (κ1) is 10.0. The third kappa shape index (κ3) is 2.21. The second-order valence-corrected chi connectivity index (χ2v) is 5.79. The van der Waals surface area contributed by atoms with Crippen molar-refractivity contribution in [2.75, 3.05) is 12.0 Å². The summed E-state index contributed by atoms with van der Waals surface area (Å²) in [5, 5.41) is 8.92. The molecule has 0 amide bonds. The van der Waals surface area contributed by atoms with Gasteiger partial charge in [0.25, 0.3) is 0 Å². The van der Waals surface area contributed by atoms with Crippen LogP contribution in [-0.2, 0) is 0 Å². The van der Waals surface area contributed by atoms with Crippen LogP contribution in [0.15, 0.2) is 23.1 Å². The Morgan fingerprint density at radius 2 is 1.85 bits per heavy atom. The summed E-state index contributed by atoms with van der Waals surface area (Å²) in [6.07, 6.45) is 0.261. The van der Waals surface area contributed by atoms with Gasteiger partial charge in [0, 0.05) is 11.2 Å². The van der Waals surface area contributed by atoms with Crippen molar-refractivity contribution < 1.29 is 16.8 Å². The van der Waals surface area contributed by atoms with E-state index in [-0.39, 0.29) is 17.7 Å². The molecular weight excluding hydrogens is 203 g/mol. The van der Waals surface area contributed by atoms with E-state index in [1.165, 1.54) is 0 Å². The average molecular weight is 213 g/mol. The lowest BCUT2D eigenvalue weighted by Gasteiger charge is -2.33. The second-order valence-electron chi connectivity index (χ2n) is 2.92. The molecule has 0 aliphatic heterocycles. The lowest BCUT2D eigenvalue weighted by atomic mass is 10.3. The van der Waals surface area contributed by atoms with Crippen LogP contribution in [0.4, 0.5) is 17.3 Å². The van der Waals surface area contributed by atoms with Crippen molar-refractivity contribution in [3.05, 3.63) is 18.2 Å². The maximum atomic E-state index is 12.8. The molecule has 6 heteroatoms. The van der Waals surface area contributed by atoms with Gasteiger partial charge in [-0.15, -0.1) is 0 Å². The summed E-state index contributed by atoms with van der Waals surface area (Å²) in [6.45, 7) is 0. The predicted molar refractivity (Wildman–Crippen MR) is 49.0 cm³/mol. The normalized spacial score (nSPS) is 14.9. The molecule has 0 fully saturated rings. The largest absolute Gasteiger partial charge is 0.506 e. The van der Waals surface area contributed by atoms with Gasteiger partial charge in [-0.2, -0.15) is 11.7 Å². The quantitative estimate of drug-likeness (QED) is 0.381. The molecule has 2 nitrogen and oxygen atoms in total. The molecule has 0 aromatic heterocycles. The topological polar surface area (TPSA) is 46.2 Å². The number of anilines is 1. The lowest BCUT2D eigenvalue weighted by Crippen LogP contribution is -1.97. The van der Waals surface area contributed by atoms with Crippen molar-refractivity contribution in [1.29, 1.82) is 0 Å². The molecule has 13 heavy (non-hydrogen) atoms. The van der Waals surface area contributed by atoms with E-state index in [9.17, 15) is 11.7 Å². The fourth-order valence-electron chi connectivity index (χ4n) is 0.839. The Morgan fingerprint density at radius 1 is 1.31 bits per heavy atom. The molecule has 0 saturated heterocycles. The minimum atomic E-state index is -6.24. The molecule has 0 saturated carbocycles. The zero-order valence-electron chi connectivity index (χ0n) is 6.84. The highest BCUT2D eigenvalue weighted by molar-refractivity contribution is 8.37. The Labute approximate surface area is 74.3 Å². The van der Waals surface area contributed by atoms with E-state index < -0.39 is 15.2 Å². The smallest absolute Gasteiger partial charge is 0.138 e. The predicted octanol–water partition coefficient (Wildman–Crippen LogP) is 2.69. The first-order chi connectivity index (χ1) is 5.67. The van der Waals surface area contributed by atoms with Crippen LogP contribution in [0.1, 0.15) is 0 Å². The fourth-order valence-corrected chi connectivity index (χ4v) is 1.65. The molecule has 1 aromatic carbocycles. The molecule has 0 aliphatic rings. The third-order valence-corrected chi connectivity index (χ3v) is 2.94. The first-order valence-corrected chi connectivity index (χ1v) is 5.78. The molecule has 0 atom stereocenters. The van der Waals surface area contributed by atoms with Crippen LogP contribution in [0.3, 0.4) is 0 Å². The Balaban J connectivity index is 3.28. The van der Waals surface area contributed by atoms with E-state index in [0.29, 0.717) is 0 Å². The van der Waals surface area contributed by atoms with E-state index in [2.05, 4.69) is 0 Å². The summed E-state index contributed by atoms with van der Waals surface area (Å²) in [7, 11) is -6.24. The van der Waals surface area contributed by atoms with Crippen molar-refractivity contribution >= 4 is 16.0 Å². The number of halogens is 3. The van der Waals surface area contributed by atoms with Crippen molar-refractivity contribution in [1.82, 2.24) is 0 Å². The van der Waals surface area contributed by atoms with E-state index >= 15 is 0 Å².